The number of rotatable bonds is 4. The number of aromatic nitrogens is 5. The second-order valence-corrected chi connectivity index (χ2v) is 8.90. The topological polar surface area (TPSA) is 112 Å². The lowest BCUT2D eigenvalue weighted by Crippen LogP contribution is -2.28. The van der Waals surface area contributed by atoms with Crippen LogP contribution in [0.5, 0.6) is 0 Å². The minimum Gasteiger partial charge on any atom is -0.382 e. The Hall–Kier alpha value is -4.81. The van der Waals surface area contributed by atoms with Crippen molar-refractivity contribution in [1.82, 2.24) is 24.5 Å². The molecule has 0 amide bonds. The number of hydrogen-bond donors (Lipinski definition) is 2. The number of para-hydroxylation sites is 1. The van der Waals surface area contributed by atoms with Crippen molar-refractivity contribution in [2.75, 3.05) is 11.1 Å². The van der Waals surface area contributed by atoms with Crippen molar-refractivity contribution in [3.05, 3.63) is 111 Å². The van der Waals surface area contributed by atoms with Crippen molar-refractivity contribution < 1.29 is 4.39 Å². The van der Waals surface area contributed by atoms with E-state index in [1.165, 1.54) is 23.0 Å². The molecule has 10 heteroatoms. The third kappa shape index (κ3) is 4.77. The van der Waals surface area contributed by atoms with Crippen LogP contribution >= 0.6 is 11.6 Å². The smallest absolute Gasteiger partial charge is 0.267 e. The Morgan fingerprint density at radius 1 is 1.05 bits per heavy atom. The fraction of sp³-hybridized carbons (Fsp3) is 0.107. The van der Waals surface area contributed by atoms with E-state index in [1.807, 2.05) is 50.2 Å². The first kappa shape index (κ1) is 24.9. The Morgan fingerprint density at radius 2 is 1.84 bits per heavy atom. The van der Waals surface area contributed by atoms with Gasteiger partial charge in [0, 0.05) is 0 Å². The number of anilines is 2. The minimum atomic E-state index is -0.524. The molecule has 188 valence electrons. The van der Waals surface area contributed by atoms with Gasteiger partial charge in [0.2, 0.25) is 0 Å². The number of hydrogen-bond acceptors (Lipinski definition) is 7. The summed E-state index contributed by atoms with van der Waals surface area (Å²) in [7, 11) is 0. The first-order valence-electron chi connectivity index (χ1n) is 11.6. The molecule has 1 unspecified atom stereocenters. The molecule has 3 N–H and O–H groups in total. The van der Waals surface area contributed by atoms with Crippen LogP contribution in [-0.2, 0) is 0 Å². The normalized spacial score (nSPS) is 11.6. The van der Waals surface area contributed by atoms with Gasteiger partial charge < -0.3 is 11.1 Å². The standard InChI is InChI=1S/C28H21ClFN7O/c1-16-8-13-22(29)23-24(16)36-27(37(28(23)38)20-6-4-3-5-7-20)17(2)35-26-21(25(31)33-15-34-26)12-11-19-10-9-18(30)14-32-19/h3-10,13-15,17H,1-2H3,(H3,31,33,34,35). The first-order chi connectivity index (χ1) is 18.3. The van der Waals surface area contributed by atoms with E-state index in [0.29, 0.717) is 44.5 Å². The maximum absolute atomic E-state index is 13.8. The van der Waals surface area contributed by atoms with E-state index in [0.717, 1.165) is 11.8 Å². The molecular weight excluding hydrogens is 505 g/mol. The van der Waals surface area contributed by atoms with Crippen LogP contribution in [0.2, 0.25) is 5.02 Å². The molecule has 0 aliphatic rings. The van der Waals surface area contributed by atoms with Gasteiger partial charge in [0.1, 0.15) is 40.9 Å². The van der Waals surface area contributed by atoms with E-state index in [1.54, 1.807) is 6.07 Å². The molecule has 0 saturated heterocycles. The third-order valence-electron chi connectivity index (χ3n) is 5.88. The van der Waals surface area contributed by atoms with Crippen LogP contribution in [0.15, 0.2) is 71.9 Å². The summed E-state index contributed by atoms with van der Waals surface area (Å²) in [6, 6.07) is 14.9. The predicted octanol–water partition coefficient (Wildman–Crippen LogP) is 4.83. The number of fused-ring (bicyclic) bond motifs is 1. The molecule has 8 nitrogen and oxygen atoms in total. The maximum Gasteiger partial charge on any atom is 0.267 e. The van der Waals surface area contributed by atoms with Gasteiger partial charge in [-0.3, -0.25) is 9.36 Å². The summed E-state index contributed by atoms with van der Waals surface area (Å²) >= 11 is 6.45. The largest absolute Gasteiger partial charge is 0.382 e. The zero-order chi connectivity index (χ0) is 26.8. The SMILES string of the molecule is Cc1ccc(Cl)c2c(=O)n(-c3ccccc3)c(C(C)Nc3ncnc(N)c3C#Cc3ccc(F)cn3)nc12. The molecule has 0 radical (unpaired) electrons. The number of pyridine rings is 1. The second-order valence-electron chi connectivity index (χ2n) is 8.49. The molecule has 0 saturated carbocycles. The average molecular weight is 526 g/mol. The first-order valence-corrected chi connectivity index (χ1v) is 12.0. The Bertz CT molecular complexity index is 1780. The lowest BCUT2D eigenvalue weighted by atomic mass is 10.1. The number of nitrogens with zero attached hydrogens (tertiary/aromatic N) is 5. The van der Waals surface area contributed by atoms with E-state index in [4.69, 9.17) is 22.3 Å². The van der Waals surface area contributed by atoms with Gasteiger partial charge in [-0.05, 0) is 55.7 Å². The highest BCUT2D eigenvalue weighted by atomic mass is 35.5. The summed E-state index contributed by atoms with van der Waals surface area (Å²) in [5, 5.41) is 3.95. The molecular formula is C28H21ClFN7O. The summed E-state index contributed by atoms with van der Waals surface area (Å²) in [6.07, 6.45) is 2.40. The van der Waals surface area contributed by atoms with Crippen molar-refractivity contribution in [1.29, 1.82) is 0 Å². The van der Waals surface area contributed by atoms with Gasteiger partial charge in [0.25, 0.3) is 5.56 Å². The Balaban J connectivity index is 1.63. The number of benzene rings is 2. The van der Waals surface area contributed by atoms with E-state index < -0.39 is 11.9 Å². The highest BCUT2D eigenvalue weighted by Gasteiger charge is 2.21. The molecule has 2 aromatic carbocycles. The highest BCUT2D eigenvalue weighted by molar-refractivity contribution is 6.35. The molecule has 1 atom stereocenters. The highest BCUT2D eigenvalue weighted by Crippen LogP contribution is 2.27. The van der Waals surface area contributed by atoms with Gasteiger partial charge in [-0.15, -0.1) is 0 Å². The summed E-state index contributed by atoms with van der Waals surface area (Å²) in [5.41, 5.74) is 8.49. The second kappa shape index (κ2) is 10.3. The van der Waals surface area contributed by atoms with Gasteiger partial charge in [-0.25, -0.2) is 24.3 Å². The Kier molecular flexibility index (Phi) is 6.73. The van der Waals surface area contributed by atoms with Gasteiger partial charge in [-0.2, -0.15) is 0 Å². The van der Waals surface area contributed by atoms with E-state index in [2.05, 4.69) is 32.1 Å². The van der Waals surface area contributed by atoms with Crippen molar-refractivity contribution in [2.24, 2.45) is 0 Å². The van der Waals surface area contributed by atoms with Crippen LogP contribution in [-0.4, -0.2) is 24.5 Å². The lowest BCUT2D eigenvalue weighted by Gasteiger charge is -2.21. The number of halogens is 2. The molecule has 0 aliphatic carbocycles. The maximum atomic E-state index is 13.8. The van der Waals surface area contributed by atoms with Gasteiger partial charge in [0.15, 0.2) is 0 Å². The fourth-order valence-electron chi connectivity index (χ4n) is 3.99. The summed E-state index contributed by atoms with van der Waals surface area (Å²) in [4.78, 5) is 31.0. The van der Waals surface area contributed by atoms with Crippen LogP contribution in [0.3, 0.4) is 0 Å². The number of nitrogens with one attached hydrogen (secondary N) is 1. The van der Waals surface area contributed by atoms with Crippen LogP contribution in [0, 0.1) is 24.6 Å². The zero-order valence-corrected chi connectivity index (χ0v) is 21.2. The number of nitrogens with two attached hydrogens (primary N) is 1. The Labute approximate surface area is 222 Å². The molecule has 0 aliphatic heterocycles. The molecule has 3 aromatic heterocycles. The number of aryl methyl sites for hydroxylation is 1. The van der Waals surface area contributed by atoms with Crippen molar-refractivity contribution in [3.63, 3.8) is 0 Å². The summed E-state index contributed by atoms with van der Waals surface area (Å²) in [5.74, 6) is 6.25. The zero-order valence-electron chi connectivity index (χ0n) is 20.4. The monoisotopic (exact) mass is 525 g/mol. The minimum absolute atomic E-state index is 0.152. The molecule has 3 heterocycles. The average Bonchev–Trinajstić information content (AvgIpc) is 2.91. The van der Waals surface area contributed by atoms with E-state index in [9.17, 15) is 9.18 Å². The number of nitrogen functional groups attached to an aromatic ring is 1. The summed E-state index contributed by atoms with van der Waals surface area (Å²) < 4.78 is 14.7. The van der Waals surface area contributed by atoms with Crippen LogP contribution in [0.25, 0.3) is 16.6 Å². The molecule has 5 rings (SSSR count). The third-order valence-corrected chi connectivity index (χ3v) is 6.19. The van der Waals surface area contributed by atoms with Gasteiger partial charge in [-0.1, -0.05) is 41.8 Å². The summed E-state index contributed by atoms with van der Waals surface area (Å²) in [6.45, 7) is 3.73. The van der Waals surface area contributed by atoms with Gasteiger partial charge in [0.05, 0.1) is 33.9 Å². The van der Waals surface area contributed by atoms with E-state index in [-0.39, 0.29) is 11.4 Å². The van der Waals surface area contributed by atoms with Crippen molar-refractivity contribution >= 4 is 34.1 Å². The Morgan fingerprint density at radius 3 is 2.58 bits per heavy atom. The van der Waals surface area contributed by atoms with Crippen LogP contribution < -0.4 is 16.6 Å². The van der Waals surface area contributed by atoms with Crippen LogP contribution in [0.1, 0.15) is 35.6 Å². The fourth-order valence-corrected chi connectivity index (χ4v) is 4.23. The predicted molar refractivity (Wildman–Crippen MR) is 146 cm³/mol. The van der Waals surface area contributed by atoms with Crippen molar-refractivity contribution in [2.45, 2.75) is 19.9 Å². The molecule has 0 fully saturated rings. The van der Waals surface area contributed by atoms with Gasteiger partial charge >= 0.3 is 0 Å². The van der Waals surface area contributed by atoms with E-state index >= 15 is 0 Å². The van der Waals surface area contributed by atoms with Crippen molar-refractivity contribution in [3.8, 4) is 17.5 Å². The van der Waals surface area contributed by atoms with Crippen LogP contribution in [0.4, 0.5) is 16.0 Å². The molecule has 0 bridgehead atoms. The quantitative estimate of drug-likeness (QED) is 0.323. The molecule has 0 spiro atoms. The molecule has 38 heavy (non-hydrogen) atoms. The molecule has 5 aromatic rings. The lowest BCUT2D eigenvalue weighted by molar-refractivity contribution is 0.621.